The van der Waals surface area contributed by atoms with Gasteiger partial charge in [-0.2, -0.15) is 0 Å². The second kappa shape index (κ2) is 10.2. The van der Waals surface area contributed by atoms with E-state index in [9.17, 15) is 19.1 Å². The van der Waals surface area contributed by atoms with Gasteiger partial charge in [-0.1, -0.05) is 0 Å². The number of aliphatic hydroxyl groups is 1. The number of carbonyl (C=O) groups is 2. The molecule has 0 saturated carbocycles. The number of fused-ring (bicyclic) bond motifs is 2. The Morgan fingerprint density at radius 2 is 2.22 bits per heavy atom. The molecule has 12 heteroatoms. The fourth-order valence-corrected chi connectivity index (χ4v) is 4.93. The lowest BCUT2D eigenvalue weighted by Crippen LogP contribution is -2.33. The maximum atomic E-state index is 14.4. The van der Waals surface area contributed by atoms with E-state index >= 15 is 0 Å². The first kappa shape index (κ1) is 24.2. The summed E-state index contributed by atoms with van der Waals surface area (Å²) in [4.78, 5) is 34.9. The number of nitrogens with zero attached hydrogens (tertiary/aromatic N) is 3. The molecule has 36 heavy (non-hydrogen) atoms. The SMILES string of the molecule is COc1ccc2ncc(F)c(CNCC[C@@H](O)[C@H]3CN(c4ccc5c(c4)NC(=O)CS5)C(=O)O3)c2n1. The van der Waals surface area contributed by atoms with Gasteiger partial charge in [-0.15, -0.1) is 11.8 Å². The number of rotatable bonds is 8. The molecule has 2 atom stereocenters. The molecule has 10 nitrogen and oxygen atoms in total. The molecular weight excluding hydrogens is 489 g/mol. The van der Waals surface area contributed by atoms with E-state index in [2.05, 4.69) is 20.6 Å². The summed E-state index contributed by atoms with van der Waals surface area (Å²) in [6.45, 7) is 0.699. The highest BCUT2D eigenvalue weighted by molar-refractivity contribution is 8.00. The molecular formula is C24H24FN5O5S. The Morgan fingerprint density at radius 1 is 1.36 bits per heavy atom. The number of carbonyl (C=O) groups excluding carboxylic acids is 2. The van der Waals surface area contributed by atoms with Crippen LogP contribution in [0.4, 0.5) is 20.6 Å². The van der Waals surface area contributed by atoms with Gasteiger partial charge in [0.1, 0.15) is 17.4 Å². The monoisotopic (exact) mass is 513 g/mol. The molecule has 0 radical (unpaired) electrons. The highest BCUT2D eigenvalue weighted by atomic mass is 32.2. The summed E-state index contributed by atoms with van der Waals surface area (Å²) in [7, 11) is 1.49. The van der Waals surface area contributed by atoms with Gasteiger partial charge >= 0.3 is 6.09 Å². The van der Waals surface area contributed by atoms with Crippen LogP contribution in [-0.4, -0.2) is 65.2 Å². The highest BCUT2D eigenvalue weighted by Crippen LogP contribution is 2.35. The van der Waals surface area contributed by atoms with Crippen LogP contribution in [0.2, 0.25) is 0 Å². The molecule has 0 bridgehead atoms. The quantitative estimate of drug-likeness (QED) is 0.390. The van der Waals surface area contributed by atoms with Crippen LogP contribution in [0.3, 0.4) is 0 Å². The van der Waals surface area contributed by atoms with E-state index in [-0.39, 0.29) is 25.4 Å². The molecule has 2 aliphatic heterocycles. The van der Waals surface area contributed by atoms with Crippen molar-refractivity contribution in [3.8, 4) is 5.88 Å². The number of cyclic esters (lactones) is 1. The van der Waals surface area contributed by atoms with Crippen molar-refractivity contribution in [1.82, 2.24) is 15.3 Å². The van der Waals surface area contributed by atoms with Crippen LogP contribution in [0.15, 0.2) is 41.4 Å². The minimum Gasteiger partial charge on any atom is -0.481 e. The molecule has 1 aromatic carbocycles. The van der Waals surface area contributed by atoms with Crippen LogP contribution < -0.4 is 20.3 Å². The number of methoxy groups -OCH3 is 1. The van der Waals surface area contributed by atoms with E-state index in [1.54, 1.807) is 24.3 Å². The van der Waals surface area contributed by atoms with Crippen molar-refractivity contribution in [2.75, 3.05) is 36.2 Å². The Hall–Kier alpha value is -3.48. The zero-order chi connectivity index (χ0) is 25.2. The molecule has 1 saturated heterocycles. The van der Waals surface area contributed by atoms with E-state index in [1.165, 1.54) is 23.8 Å². The summed E-state index contributed by atoms with van der Waals surface area (Å²) in [5.74, 6) is 0.134. The second-order valence-electron chi connectivity index (χ2n) is 8.39. The Morgan fingerprint density at radius 3 is 3.06 bits per heavy atom. The molecule has 2 amide bonds. The van der Waals surface area contributed by atoms with Crippen LogP contribution in [0.25, 0.3) is 11.0 Å². The normalized spacial score (nSPS) is 18.1. The standard InChI is InChI=1S/C24H24FN5O5S/c1-34-22-5-3-16-23(29-22)14(15(25)10-27-16)9-26-7-6-18(31)19-11-30(24(33)35-19)13-2-4-20-17(8-13)28-21(32)12-36-20/h2-5,8,10,18-19,26,31H,6-7,9,11-12H2,1H3,(H,28,32)/t18-,19-/m1/s1. The van der Waals surface area contributed by atoms with Crippen molar-refractivity contribution in [1.29, 1.82) is 0 Å². The molecule has 2 aromatic heterocycles. The third-order valence-corrected chi connectivity index (χ3v) is 7.11. The van der Waals surface area contributed by atoms with Crippen LogP contribution in [0, 0.1) is 5.82 Å². The minimum absolute atomic E-state index is 0.0935. The smallest absolute Gasteiger partial charge is 0.414 e. The predicted molar refractivity (Wildman–Crippen MR) is 132 cm³/mol. The number of aliphatic hydroxyl groups excluding tert-OH is 1. The van der Waals surface area contributed by atoms with Crippen molar-refractivity contribution < 1.29 is 28.6 Å². The Bertz CT molecular complexity index is 1330. The lowest BCUT2D eigenvalue weighted by molar-refractivity contribution is -0.113. The Kier molecular flexibility index (Phi) is 6.90. The molecule has 3 aromatic rings. The number of hydrogen-bond acceptors (Lipinski definition) is 9. The first-order valence-corrected chi connectivity index (χ1v) is 12.3. The number of amides is 2. The van der Waals surface area contributed by atoms with E-state index in [0.29, 0.717) is 46.1 Å². The molecule has 1 fully saturated rings. The fourth-order valence-electron chi connectivity index (χ4n) is 4.14. The van der Waals surface area contributed by atoms with Crippen LogP contribution >= 0.6 is 11.8 Å². The first-order valence-electron chi connectivity index (χ1n) is 11.3. The van der Waals surface area contributed by atoms with Crippen molar-refractivity contribution in [2.24, 2.45) is 0 Å². The third kappa shape index (κ3) is 4.92. The number of pyridine rings is 2. The van der Waals surface area contributed by atoms with E-state index < -0.39 is 24.1 Å². The Balaban J connectivity index is 1.17. The van der Waals surface area contributed by atoms with E-state index in [4.69, 9.17) is 9.47 Å². The number of aromatic nitrogens is 2. The molecule has 0 spiro atoms. The van der Waals surface area contributed by atoms with Crippen molar-refractivity contribution in [3.05, 3.63) is 47.9 Å². The largest absolute Gasteiger partial charge is 0.481 e. The topological polar surface area (TPSA) is 126 Å². The van der Waals surface area contributed by atoms with Gasteiger partial charge in [-0.3, -0.25) is 14.7 Å². The van der Waals surface area contributed by atoms with E-state index in [1.807, 2.05) is 6.07 Å². The number of benzene rings is 1. The van der Waals surface area contributed by atoms with Gasteiger partial charge in [0.2, 0.25) is 11.8 Å². The lowest BCUT2D eigenvalue weighted by Gasteiger charge is -2.20. The lowest BCUT2D eigenvalue weighted by atomic mass is 10.1. The average Bonchev–Trinajstić information content (AvgIpc) is 3.28. The second-order valence-corrected chi connectivity index (χ2v) is 9.41. The number of halogens is 1. The zero-order valence-corrected chi connectivity index (χ0v) is 20.2. The molecule has 0 aliphatic carbocycles. The molecule has 5 rings (SSSR count). The van der Waals surface area contributed by atoms with Crippen LogP contribution in [-0.2, 0) is 16.1 Å². The molecule has 4 heterocycles. The van der Waals surface area contributed by atoms with E-state index in [0.717, 1.165) is 11.1 Å². The predicted octanol–water partition coefficient (Wildman–Crippen LogP) is 2.69. The maximum absolute atomic E-state index is 14.4. The maximum Gasteiger partial charge on any atom is 0.414 e. The minimum atomic E-state index is -0.920. The third-order valence-electron chi connectivity index (χ3n) is 6.04. The summed E-state index contributed by atoms with van der Waals surface area (Å²) < 4.78 is 25.0. The van der Waals surface area contributed by atoms with Crippen LogP contribution in [0.1, 0.15) is 12.0 Å². The molecule has 188 valence electrons. The molecule has 2 aliphatic rings. The Labute approximate surface area is 210 Å². The first-order chi connectivity index (χ1) is 17.4. The fraction of sp³-hybridized carbons (Fsp3) is 0.333. The summed E-state index contributed by atoms with van der Waals surface area (Å²) >= 11 is 1.44. The van der Waals surface area contributed by atoms with Crippen molar-refractivity contribution >= 4 is 46.2 Å². The van der Waals surface area contributed by atoms with Gasteiger partial charge in [-0.25, -0.2) is 14.2 Å². The number of nitrogens with one attached hydrogen (secondary N) is 2. The number of thioether (sulfide) groups is 1. The summed E-state index contributed by atoms with van der Waals surface area (Å²) in [6, 6.07) is 8.74. The zero-order valence-electron chi connectivity index (χ0n) is 19.4. The summed E-state index contributed by atoms with van der Waals surface area (Å²) in [5, 5.41) is 16.6. The average molecular weight is 514 g/mol. The van der Waals surface area contributed by atoms with Gasteiger partial charge in [0.05, 0.1) is 42.9 Å². The van der Waals surface area contributed by atoms with Gasteiger partial charge in [-0.05, 0) is 37.2 Å². The van der Waals surface area contributed by atoms with Crippen LogP contribution in [0.5, 0.6) is 5.88 Å². The number of ether oxygens (including phenoxy) is 2. The van der Waals surface area contributed by atoms with Crippen molar-refractivity contribution in [3.63, 3.8) is 0 Å². The summed E-state index contributed by atoms with van der Waals surface area (Å²) in [6.07, 6.45) is -0.767. The number of hydrogen-bond donors (Lipinski definition) is 3. The van der Waals surface area contributed by atoms with Gasteiger partial charge in [0.15, 0.2) is 0 Å². The van der Waals surface area contributed by atoms with Gasteiger partial charge in [0, 0.05) is 28.8 Å². The van der Waals surface area contributed by atoms with Crippen molar-refractivity contribution in [2.45, 2.75) is 30.1 Å². The highest BCUT2D eigenvalue weighted by Gasteiger charge is 2.37. The summed E-state index contributed by atoms with van der Waals surface area (Å²) in [5.41, 5.74) is 2.54. The number of anilines is 2. The molecule has 3 N–H and O–H groups in total. The van der Waals surface area contributed by atoms with Gasteiger partial charge < -0.3 is 25.2 Å². The molecule has 0 unspecified atom stereocenters. The van der Waals surface area contributed by atoms with Gasteiger partial charge in [0.25, 0.3) is 0 Å².